The molecular weight excluding hydrogens is 226 g/mol. The predicted molar refractivity (Wildman–Crippen MR) is 70.7 cm³/mol. The second-order valence-corrected chi connectivity index (χ2v) is 4.67. The van der Waals surface area contributed by atoms with Crippen molar-refractivity contribution in [3.8, 4) is 5.75 Å². The highest BCUT2D eigenvalue weighted by molar-refractivity contribution is 5.41. The first kappa shape index (κ1) is 11.1. The molecule has 1 aromatic heterocycles. The molecule has 4 heteroatoms. The maximum atomic E-state index is 5.96. The third-order valence-electron chi connectivity index (χ3n) is 3.63. The molecule has 0 aliphatic heterocycles. The summed E-state index contributed by atoms with van der Waals surface area (Å²) in [6.07, 6.45) is 5.10. The number of aryl methyl sites for hydroxylation is 1. The van der Waals surface area contributed by atoms with E-state index in [-0.39, 0.29) is 6.04 Å². The van der Waals surface area contributed by atoms with Crippen LogP contribution >= 0.6 is 0 Å². The van der Waals surface area contributed by atoms with Gasteiger partial charge in [0.15, 0.2) is 0 Å². The summed E-state index contributed by atoms with van der Waals surface area (Å²) < 4.78 is 7.20. The van der Waals surface area contributed by atoms with Crippen LogP contribution in [-0.2, 0) is 6.42 Å². The molecule has 0 saturated carbocycles. The number of nitrogen functional groups attached to an aromatic ring is 1. The largest absolute Gasteiger partial charge is 0.497 e. The monoisotopic (exact) mass is 243 g/mol. The minimum atomic E-state index is 0.259. The summed E-state index contributed by atoms with van der Waals surface area (Å²) in [5.74, 6) is 1.64. The molecule has 1 atom stereocenters. The molecule has 1 aliphatic rings. The number of methoxy groups -OCH3 is 1. The topological polar surface area (TPSA) is 53.1 Å². The van der Waals surface area contributed by atoms with Crippen LogP contribution in [0.5, 0.6) is 5.75 Å². The summed E-state index contributed by atoms with van der Waals surface area (Å²) >= 11 is 0. The zero-order chi connectivity index (χ0) is 12.5. The zero-order valence-electron chi connectivity index (χ0n) is 10.5. The number of nitrogens with zero attached hydrogens (tertiary/aromatic N) is 2. The van der Waals surface area contributed by atoms with Gasteiger partial charge in [-0.15, -0.1) is 0 Å². The standard InChI is InChI=1S/C14H17N3O/c1-18-11-5-6-12-10(9-11)3-2-4-13(12)17-14(15)7-8-16-17/h5-9,13H,2-4,15H2,1H3. The van der Waals surface area contributed by atoms with Crippen LogP contribution in [0.1, 0.15) is 30.0 Å². The molecule has 0 bridgehead atoms. The lowest BCUT2D eigenvalue weighted by Gasteiger charge is -2.26. The SMILES string of the molecule is COc1ccc2c(c1)CCCC2n1nccc1N. The van der Waals surface area contributed by atoms with Gasteiger partial charge in [-0.3, -0.25) is 0 Å². The molecule has 1 aliphatic carbocycles. The zero-order valence-corrected chi connectivity index (χ0v) is 10.5. The Balaban J connectivity index is 2.05. The van der Waals surface area contributed by atoms with Crippen molar-refractivity contribution in [2.75, 3.05) is 12.8 Å². The van der Waals surface area contributed by atoms with Crippen LogP contribution in [0, 0.1) is 0 Å². The van der Waals surface area contributed by atoms with E-state index in [9.17, 15) is 0 Å². The van der Waals surface area contributed by atoms with E-state index in [1.54, 1.807) is 13.3 Å². The third kappa shape index (κ3) is 1.74. The van der Waals surface area contributed by atoms with E-state index in [4.69, 9.17) is 10.5 Å². The predicted octanol–water partition coefficient (Wildman–Crippen LogP) is 2.40. The lowest BCUT2D eigenvalue weighted by atomic mass is 9.87. The molecule has 2 N–H and O–H groups in total. The molecule has 0 fully saturated rings. The fraction of sp³-hybridized carbons (Fsp3) is 0.357. The number of fused-ring (bicyclic) bond motifs is 1. The number of aromatic nitrogens is 2. The maximum Gasteiger partial charge on any atom is 0.122 e. The summed E-state index contributed by atoms with van der Waals surface area (Å²) in [5.41, 5.74) is 8.63. The number of hydrogen-bond acceptors (Lipinski definition) is 3. The van der Waals surface area contributed by atoms with Crippen molar-refractivity contribution in [2.24, 2.45) is 0 Å². The first-order chi connectivity index (χ1) is 8.79. The first-order valence-electron chi connectivity index (χ1n) is 6.25. The molecule has 3 rings (SSSR count). The van der Waals surface area contributed by atoms with Gasteiger partial charge in [0.25, 0.3) is 0 Å². The van der Waals surface area contributed by atoms with Crippen LogP contribution in [-0.4, -0.2) is 16.9 Å². The number of anilines is 1. The Morgan fingerprint density at radius 2 is 2.28 bits per heavy atom. The highest BCUT2D eigenvalue weighted by Crippen LogP contribution is 2.35. The van der Waals surface area contributed by atoms with Crippen molar-refractivity contribution in [2.45, 2.75) is 25.3 Å². The highest BCUT2D eigenvalue weighted by atomic mass is 16.5. The summed E-state index contributed by atoms with van der Waals surface area (Å²) in [4.78, 5) is 0. The maximum absolute atomic E-state index is 5.96. The third-order valence-corrected chi connectivity index (χ3v) is 3.63. The number of rotatable bonds is 2. The molecule has 4 nitrogen and oxygen atoms in total. The molecule has 18 heavy (non-hydrogen) atoms. The van der Waals surface area contributed by atoms with Crippen molar-refractivity contribution in [3.05, 3.63) is 41.6 Å². The molecule has 0 spiro atoms. The van der Waals surface area contributed by atoms with E-state index in [0.29, 0.717) is 0 Å². The van der Waals surface area contributed by atoms with Crippen LogP contribution in [0.2, 0.25) is 0 Å². The van der Waals surface area contributed by atoms with Gasteiger partial charge in [0, 0.05) is 0 Å². The van der Waals surface area contributed by atoms with E-state index in [0.717, 1.165) is 30.8 Å². The van der Waals surface area contributed by atoms with Gasteiger partial charge < -0.3 is 10.5 Å². The van der Waals surface area contributed by atoms with Crippen LogP contribution in [0.15, 0.2) is 30.5 Å². The minimum absolute atomic E-state index is 0.259. The van der Waals surface area contributed by atoms with Gasteiger partial charge in [-0.2, -0.15) is 5.10 Å². The van der Waals surface area contributed by atoms with Gasteiger partial charge in [0.1, 0.15) is 11.6 Å². The average Bonchev–Trinajstić information content (AvgIpc) is 2.83. The van der Waals surface area contributed by atoms with Gasteiger partial charge in [-0.25, -0.2) is 4.68 Å². The van der Waals surface area contributed by atoms with Gasteiger partial charge in [0.2, 0.25) is 0 Å². The molecule has 1 aromatic carbocycles. The molecule has 94 valence electrons. The van der Waals surface area contributed by atoms with E-state index in [2.05, 4.69) is 17.2 Å². The van der Waals surface area contributed by atoms with Gasteiger partial charge >= 0.3 is 0 Å². The van der Waals surface area contributed by atoms with E-state index in [1.165, 1.54) is 11.1 Å². The quantitative estimate of drug-likeness (QED) is 0.881. The van der Waals surface area contributed by atoms with Crippen molar-refractivity contribution >= 4 is 5.82 Å². The summed E-state index contributed by atoms with van der Waals surface area (Å²) in [6.45, 7) is 0. The smallest absolute Gasteiger partial charge is 0.122 e. The van der Waals surface area contributed by atoms with Gasteiger partial charge in [0.05, 0.1) is 19.3 Å². The Labute approximate surface area is 106 Å². The van der Waals surface area contributed by atoms with E-state index < -0.39 is 0 Å². The van der Waals surface area contributed by atoms with Crippen LogP contribution in [0.3, 0.4) is 0 Å². The number of nitrogens with two attached hydrogens (primary N) is 1. The van der Waals surface area contributed by atoms with Crippen molar-refractivity contribution in [3.63, 3.8) is 0 Å². The van der Waals surface area contributed by atoms with Gasteiger partial charge in [-0.05, 0) is 48.6 Å². The van der Waals surface area contributed by atoms with E-state index >= 15 is 0 Å². The molecular formula is C14H17N3O. The van der Waals surface area contributed by atoms with Crippen molar-refractivity contribution < 1.29 is 4.74 Å². The Kier molecular flexibility index (Phi) is 2.70. The molecule has 1 heterocycles. The number of ether oxygens (including phenoxy) is 1. The Hall–Kier alpha value is -1.97. The van der Waals surface area contributed by atoms with Crippen molar-refractivity contribution in [1.82, 2.24) is 9.78 Å². The highest BCUT2D eigenvalue weighted by Gasteiger charge is 2.23. The molecule has 2 aromatic rings. The molecule has 0 saturated heterocycles. The molecule has 0 amide bonds. The van der Waals surface area contributed by atoms with Gasteiger partial charge in [-0.1, -0.05) is 6.07 Å². The van der Waals surface area contributed by atoms with Crippen molar-refractivity contribution in [1.29, 1.82) is 0 Å². The Bertz CT molecular complexity index is 562. The lowest BCUT2D eigenvalue weighted by Crippen LogP contribution is -2.19. The number of hydrogen-bond donors (Lipinski definition) is 1. The van der Waals surface area contributed by atoms with Crippen LogP contribution in [0.25, 0.3) is 0 Å². The van der Waals surface area contributed by atoms with E-state index in [1.807, 2.05) is 16.8 Å². The summed E-state index contributed by atoms with van der Waals surface area (Å²) in [5, 5.41) is 4.34. The molecule has 0 radical (unpaired) electrons. The molecule has 1 unspecified atom stereocenters. The Morgan fingerprint density at radius 1 is 1.39 bits per heavy atom. The fourth-order valence-corrected chi connectivity index (χ4v) is 2.73. The summed E-state index contributed by atoms with van der Waals surface area (Å²) in [6, 6.07) is 8.38. The Morgan fingerprint density at radius 3 is 3.00 bits per heavy atom. The second-order valence-electron chi connectivity index (χ2n) is 4.67. The van der Waals surface area contributed by atoms with Crippen LogP contribution in [0.4, 0.5) is 5.82 Å². The van der Waals surface area contributed by atoms with Crippen LogP contribution < -0.4 is 10.5 Å². The fourth-order valence-electron chi connectivity index (χ4n) is 2.73. The number of benzene rings is 1. The minimum Gasteiger partial charge on any atom is -0.497 e. The normalized spacial score (nSPS) is 18.4. The first-order valence-corrected chi connectivity index (χ1v) is 6.25. The second kappa shape index (κ2) is 4.37. The summed E-state index contributed by atoms with van der Waals surface area (Å²) in [7, 11) is 1.70. The average molecular weight is 243 g/mol. The lowest BCUT2D eigenvalue weighted by molar-refractivity contribution is 0.410.